The summed E-state index contributed by atoms with van der Waals surface area (Å²) in [6, 6.07) is 16.2. The molecule has 4 heteroatoms. The van der Waals surface area contributed by atoms with Crippen LogP contribution in [0.15, 0.2) is 64.4 Å². The largest absolute Gasteiger partial charge is 0.326 e. The van der Waals surface area contributed by atoms with Gasteiger partial charge >= 0.3 is 0 Å². The lowest BCUT2D eigenvalue weighted by atomic mass is 10.1. The molecule has 1 nitrogen and oxygen atoms in total. The quantitative estimate of drug-likeness (QED) is 0.757. The maximum absolute atomic E-state index is 14.0. The van der Waals surface area contributed by atoms with Gasteiger partial charge in [-0.25, -0.2) is 8.78 Å². The van der Waals surface area contributed by atoms with Gasteiger partial charge in [-0.2, -0.15) is 0 Å². The Kier molecular flexibility index (Phi) is 3.90. The summed E-state index contributed by atoms with van der Waals surface area (Å²) in [5.41, 5.74) is 5.86. The highest BCUT2D eigenvalue weighted by Gasteiger charge is 2.12. The number of hydrogen-bond donors (Lipinski definition) is 1. The molecule has 0 aliphatic rings. The van der Waals surface area contributed by atoms with Crippen LogP contribution in [0.3, 0.4) is 0 Å². The Morgan fingerprint density at radius 2 is 1.52 bits per heavy atom. The van der Waals surface area contributed by atoms with Crippen molar-refractivity contribution in [3.05, 3.63) is 71.8 Å². The van der Waals surface area contributed by atoms with E-state index < -0.39 is 11.6 Å². The first-order valence-electron chi connectivity index (χ1n) is 6.52. The van der Waals surface area contributed by atoms with E-state index in [0.29, 0.717) is 5.56 Å². The molecule has 0 bridgehead atoms. The second kappa shape index (κ2) is 5.84. The molecule has 0 aliphatic carbocycles. The molecule has 0 spiro atoms. The Labute approximate surface area is 125 Å². The van der Waals surface area contributed by atoms with Crippen molar-refractivity contribution in [1.29, 1.82) is 0 Å². The molecule has 2 N–H and O–H groups in total. The van der Waals surface area contributed by atoms with Gasteiger partial charge < -0.3 is 5.73 Å². The summed E-state index contributed by atoms with van der Waals surface area (Å²) in [5, 5.41) is 2.14. The van der Waals surface area contributed by atoms with Crippen LogP contribution in [0.25, 0.3) is 10.8 Å². The van der Waals surface area contributed by atoms with Crippen LogP contribution in [0.2, 0.25) is 0 Å². The second-order valence-corrected chi connectivity index (χ2v) is 5.79. The van der Waals surface area contributed by atoms with Gasteiger partial charge in [0.25, 0.3) is 0 Å². The molecule has 3 aromatic carbocycles. The van der Waals surface area contributed by atoms with E-state index in [2.05, 4.69) is 0 Å². The van der Waals surface area contributed by atoms with Crippen molar-refractivity contribution in [2.45, 2.75) is 16.3 Å². The van der Waals surface area contributed by atoms with Gasteiger partial charge in [-0.15, -0.1) is 0 Å². The fraction of sp³-hybridized carbons (Fsp3) is 0.0588. The van der Waals surface area contributed by atoms with Crippen molar-refractivity contribution in [2.24, 2.45) is 5.73 Å². The maximum atomic E-state index is 14.0. The molecule has 0 amide bonds. The lowest BCUT2D eigenvalue weighted by molar-refractivity contribution is 0.537. The predicted octanol–water partition coefficient (Wildman–Crippen LogP) is 4.73. The van der Waals surface area contributed by atoms with Crippen LogP contribution >= 0.6 is 11.8 Å². The first kappa shape index (κ1) is 14.0. The van der Waals surface area contributed by atoms with Crippen molar-refractivity contribution in [3.63, 3.8) is 0 Å². The van der Waals surface area contributed by atoms with Crippen LogP contribution in [-0.4, -0.2) is 0 Å². The van der Waals surface area contributed by atoms with Crippen LogP contribution in [0.5, 0.6) is 0 Å². The first-order valence-corrected chi connectivity index (χ1v) is 7.33. The maximum Gasteiger partial charge on any atom is 0.140 e. The highest BCUT2D eigenvalue weighted by atomic mass is 32.2. The summed E-state index contributed by atoms with van der Waals surface area (Å²) in [6.45, 7) is 0.120. The van der Waals surface area contributed by atoms with E-state index in [4.69, 9.17) is 5.73 Å². The van der Waals surface area contributed by atoms with Gasteiger partial charge in [0.1, 0.15) is 11.6 Å². The molecule has 0 unspecified atom stereocenters. The van der Waals surface area contributed by atoms with E-state index in [0.717, 1.165) is 27.4 Å². The zero-order chi connectivity index (χ0) is 14.8. The Morgan fingerprint density at radius 1 is 0.857 bits per heavy atom. The Balaban J connectivity index is 1.98. The number of halogens is 2. The van der Waals surface area contributed by atoms with E-state index in [9.17, 15) is 8.78 Å². The molecule has 0 atom stereocenters. The topological polar surface area (TPSA) is 26.0 Å². The minimum absolute atomic E-state index is 0.00230. The third kappa shape index (κ3) is 2.91. The average molecular weight is 301 g/mol. The molecule has 21 heavy (non-hydrogen) atoms. The number of rotatable bonds is 3. The highest BCUT2D eigenvalue weighted by Crippen LogP contribution is 2.34. The first-order chi connectivity index (χ1) is 10.2. The third-order valence-corrected chi connectivity index (χ3v) is 4.32. The summed E-state index contributed by atoms with van der Waals surface area (Å²) in [4.78, 5) is 0.800. The van der Waals surface area contributed by atoms with Gasteiger partial charge in [-0.1, -0.05) is 42.1 Å². The Morgan fingerprint density at radius 3 is 2.19 bits per heavy atom. The van der Waals surface area contributed by atoms with E-state index in [-0.39, 0.29) is 11.4 Å². The van der Waals surface area contributed by atoms with Gasteiger partial charge in [-0.3, -0.25) is 0 Å². The van der Waals surface area contributed by atoms with E-state index in [1.807, 2.05) is 42.5 Å². The highest BCUT2D eigenvalue weighted by molar-refractivity contribution is 7.99. The molecule has 0 fully saturated rings. The van der Waals surface area contributed by atoms with Crippen molar-refractivity contribution in [3.8, 4) is 0 Å². The number of hydrogen-bond acceptors (Lipinski definition) is 2. The minimum Gasteiger partial charge on any atom is -0.326 e. The Bertz CT molecular complexity index is 779. The number of fused-ring (bicyclic) bond motifs is 1. The molecule has 3 aromatic rings. The normalized spacial score (nSPS) is 11.0. The minimum atomic E-state index is -0.575. The van der Waals surface area contributed by atoms with Crippen molar-refractivity contribution in [1.82, 2.24) is 0 Å². The smallest absolute Gasteiger partial charge is 0.140 e. The van der Waals surface area contributed by atoms with E-state index >= 15 is 0 Å². The van der Waals surface area contributed by atoms with Gasteiger partial charge in [0.15, 0.2) is 0 Å². The third-order valence-electron chi connectivity index (χ3n) is 3.23. The van der Waals surface area contributed by atoms with Crippen LogP contribution < -0.4 is 5.73 Å². The summed E-state index contributed by atoms with van der Waals surface area (Å²) >= 11 is 1.08. The van der Waals surface area contributed by atoms with Crippen LogP contribution in [0.1, 0.15) is 5.56 Å². The van der Waals surface area contributed by atoms with Crippen LogP contribution in [-0.2, 0) is 6.54 Å². The van der Waals surface area contributed by atoms with Crippen LogP contribution in [0.4, 0.5) is 8.78 Å². The molecule has 0 aromatic heterocycles. The molecule has 0 heterocycles. The molecule has 0 aliphatic heterocycles. The standard InChI is InChI=1S/C17H13F2NS/c18-15-7-11(10-20)8-16(19)17(15)21-14-6-5-12-3-1-2-4-13(12)9-14/h1-9H,10,20H2. The molecule has 106 valence electrons. The van der Waals surface area contributed by atoms with Crippen molar-refractivity contribution < 1.29 is 8.78 Å². The van der Waals surface area contributed by atoms with Gasteiger partial charge in [0.05, 0.1) is 4.90 Å². The summed E-state index contributed by atoms with van der Waals surface area (Å²) < 4.78 is 28.0. The number of nitrogens with two attached hydrogens (primary N) is 1. The lowest BCUT2D eigenvalue weighted by Crippen LogP contribution is -1.99. The predicted molar refractivity (Wildman–Crippen MR) is 82.3 cm³/mol. The summed E-state index contributed by atoms with van der Waals surface area (Å²) in [7, 11) is 0. The van der Waals surface area contributed by atoms with Crippen molar-refractivity contribution >= 4 is 22.5 Å². The fourth-order valence-corrected chi connectivity index (χ4v) is 3.05. The zero-order valence-corrected chi connectivity index (χ0v) is 12.0. The molecular formula is C17H13F2NS. The van der Waals surface area contributed by atoms with E-state index in [1.165, 1.54) is 12.1 Å². The summed E-state index contributed by atoms with van der Waals surface area (Å²) in [5.74, 6) is -1.15. The van der Waals surface area contributed by atoms with Gasteiger partial charge in [0.2, 0.25) is 0 Å². The molecule has 0 saturated heterocycles. The lowest BCUT2D eigenvalue weighted by Gasteiger charge is -2.08. The van der Waals surface area contributed by atoms with Gasteiger partial charge in [-0.05, 0) is 40.6 Å². The SMILES string of the molecule is NCc1cc(F)c(Sc2ccc3ccccc3c2)c(F)c1. The second-order valence-electron chi connectivity index (χ2n) is 4.70. The molecule has 0 saturated carbocycles. The van der Waals surface area contributed by atoms with E-state index in [1.54, 1.807) is 0 Å². The average Bonchev–Trinajstić information content (AvgIpc) is 2.50. The summed E-state index contributed by atoms with van der Waals surface area (Å²) in [6.07, 6.45) is 0. The molecule has 0 radical (unpaired) electrons. The molecule has 3 rings (SSSR count). The fourth-order valence-electron chi connectivity index (χ4n) is 2.18. The monoisotopic (exact) mass is 301 g/mol. The Hall–Kier alpha value is -1.91. The number of benzene rings is 3. The molecular weight excluding hydrogens is 288 g/mol. The van der Waals surface area contributed by atoms with Gasteiger partial charge in [0, 0.05) is 11.4 Å². The zero-order valence-electron chi connectivity index (χ0n) is 11.1. The van der Waals surface area contributed by atoms with Crippen molar-refractivity contribution in [2.75, 3.05) is 0 Å². The van der Waals surface area contributed by atoms with Crippen LogP contribution in [0, 0.1) is 11.6 Å².